The summed E-state index contributed by atoms with van der Waals surface area (Å²) < 4.78 is 36.4. The predicted molar refractivity (Wildman–Crippen MR) is 57.3 cm³/mol. The number of carboxylic acid groups (broad SMARTS) is 1. The topological polar surface area (TPSA) is 86.6 Å². The van der Waals surface area contributed by atoms with Crippen LogP contribution in [0.15, 0.2) is 24.3 Å². The third-order valence-electron chi connectivity index (χ3n) is 2.21. The SMILES string of the molecule is O=C(O)CC(NC(=O)C(F)(F)F)c1cccc(O)c1. The van der Waals surface area contributed by atoms with Crippen LogP contribution < -0.4 is 5.32 Å². The van der Waals surface area contributed by atoms with Crippen LogP contribution in [0.5, 0.6) is 5.75 Å². The smallest absolute Gasteiger partial charge is 0.471 e. The van der Waals surface area contributed by atoms with E-state index in [1.165, 1.54) is 18.2 Å². The fourth-order valence-corrected chi connectivity index (χ4v) is 1.41. The molecule has 0 aliphatic rings. The summed E-state index contributed by atoms with van der Waals surface area (Å²) >= 11 is 0. The number of phenols is 1. The average molecular weight is 277 g/mol. The Balaban J connectivity index is 2.96. The quantitative estimate of drug-likeness (QED) is 0.780. The number of carbonyl (C=O) groups is 2. The van der Waals surface area contributed by atoms with Gasteiger partial charge in [0, 0.05) is 0 Å². The number of rotatable bonds is 4. The summed E-state index contributed by atoms with van der Waals surface area (Å²) in [5, 5.41) is 19.4. The van der Waals surface area contributed by atoms with Crippen molar-refractivity contribution in [1.29, 1.82) is 0 Å². The summed E-state index contributed by atoms with van der Waals surface area (Å²) in [5.41, 5.74) is 0.0694. The first-order chi connectivity index (χ1) is 8.70. The fraction of sp³-hybridized carbons (Fsp3) is 0.273. The van der Waals surface area contributed by atoms with Gasteiger partial charge in [-0.15, -0.1) is 0 Å². The second-order valence-corrected chi connectivity index (χ2v) is 3.72. The van der Waals surface area contributed by atoms with Crippen LogP contribution in [0.1, 0.15) is 18.0 Å². The molecule has 1 rings (SSSR count). The van der Waals surface area contributed by atoms with Crippen molar-refractivity contribution in [3.8, 4) is 5.75 Å². The van der Waals surface area contributed by atoms with Crippen LogP contribution in [0.25, 0.3) is 0 Å². The van der Waals surface area contributed by atoms with Crippen molar-refractivity contribution < 1.29 is 33.0 Å². The number of halogens is 3. The van der Waals surface area contributed by atoms with E-state index in [0.29, 0.717) is 0 Å². The highest BCUT2D eigenvalue weighted by molar-refractivity contribution is 5.82. The van der Waals surface area contributed by atoms with Crippen molar-refractivity contribution >= 4 is 11.9 Å². The maximum Gasteiger partial charge on any atom is 0.471 e. The second kappa shape index (κ2) is 5.59. The van der Waals surface area contributed by atoms with E-state index in [4.69, 9.17) is 5.11 Å². The lowest BCUT2D eigenvalue weighted by Crippen LogP contribution is -2.39. The van der Waals surface area contributed by atoms with Crippen molar-refractivity contribution in [2.24, 2.45) is 0 Å². The van der Waals surface area contributed by atoms with E-state index in [-0.39, 0.29) is 11.3 Å². The molecule has 5 nitrogen and oxygen atoms in total. The van der Waals surface area contributed by atoms with Crippen LogP contribution in [0, 0.1) is 0 Å². The minimum atomic E-state index is -5.10. The van der Waals surface area contributed by atoms with E-state index in [1.807, 2.05) is 0 Å². The van der Waals surface area contributed by atoms with Crippen LogP contribution in [0.2, 0.25) is 0 Å². The number of alkyl halides is 3. The number of phenolic OH excluding ortho intramolecular Hbond substituents is 1. The normalized spacial score (nSPS) is 12.8. The number of amides is 1. The lowest BCUT2D eigenvalue weighted by Gasteiger charge is -2.18. The van der Waals surface area contributed by atoms with Crippen molar-refractivity contribution in [1.82, 2.24) is 5.32 Å². The highest BCUT2D eigenvalue weighted by Gasteiger charge is 2.40. The second-order valence-electron chi connectivity index (χ2n) is 3.72. The van der Waals surface area contributed by atoms with Crippen molar-refractivity contribution in [2.75, 3.05) is 0 Å². The molecule has 1 aromatic rings. The number of aliphatic carboxylic acids is 1. The van der Waals surface area contributed by atoms with Crippen LogP contribution in [0.4, 0.5) is 13.2 Å². The van der Waals surface area contributed by atoms with Gasteiger partial charge in [0.1, 0.15) is 5.75 Å². The molecule has 8 heteroatoms. The summed E-state index contributed by atoms with van der Waals surface area (Å²) in [6.45, 7) is 0. The Kier molecular flexibility index (Phi) is 4.36. The molecule has 19 heavy (non-hydrogen) atoms. The average Bonchev–Trinajstić information content (AvgIpc) is 2.26. The number of carbonyl (C=O) groups excluding carboxylic acids is 1. The summed E-state index contributed by atoms with van der Waals surface area (Å²) in [7, 11) is 0. The number of aromatic hydroxyl groups is 1. The molecular formula is C11H10F3NO4. The van der Waals surface area contributed by atoms with Gasteiger partial charge in [0.15, 0.2) is 0 Å². The van der Waals surface area contributed by atoms with Gasteiger partial charge in [-0.1, -0.05) is 12.1 Å². The van der Waals surface area contributed by atoms with E-state index in [2.05, 4.69) is 0 Å². The number of hydrogen-bond acceptors (Lipinski definition) is 3. The Morgan fingerprint density at radius 3 is 2.42 bits per heavy atom. The molecule has 104 valence electrons. The van der Waals surface area contributed by atoms with E-state index < -0.39 is 30.5 Å². The summed E-state index contributed by atoms with van der Waals surface area (Å²) in [4.78, 5) is 21.4. The van der Waals surface area contributed by atoms with Crippen LogP contribution >= 0.6 is 0 Å². The lowest BCUT2D eigenvalue weighted by atomic mass is 10.0. The van der Waals surface area contributed by atoms with Gasteiger partial charge in [-0.3, -0.25) is 9.59 Å². The molecular weight excluding hydrogens is 267 g/mol. The summed E-state index contributed by atoms with van der Waals surface area (Å²) in [6.07, 6.45) is -5.83. The Morgan fingerprint density at radius 1 is 1.32 bits per heavy atom. The van der Waals surface area contributed by atoms with Crippen LogP contribution in [0.3, 0.4) is 0 Å². The molecule has 0 aromatic heterocycles. The molecule has 0 heterocycles. The molecule has 0 aliphatic heterocycles. The number of hydrogen-bond donors (Lipinski definition) is 3. The van der Waals surface area contributed by atoms with E-state index in [0.717, 1.165) is 6.07 Å². The molecule has 1 unspecified atom stereocenters. The Hall–Kier alpha value is -2.25. The zero-order chi connectivity index (χ0) is 14.6. The van der Waals surface area contributed by atoms with Gasteiger partial charge in [-0.25, -0.2) is 0 Å². The molecule has 0 saturated heterocycles. The minimum Gasteiger partial charge on any atom is -0.508 e. The van der Waals surface area contributed by atoms with Crippen molar-refractivity contribution in [3.63, 3.8) is 0 Å². The molecule has 3 N–H and O–H groups in total. The molecule has 0 bridgehead atoms. The van der Waals surface area contributed by atoms with Gasteiger partial charge in [-0.05, 0) is 17.7 Å². The third kappa shape index (κ3) is 4.49. The Labute approximate surface area is 105 Å². The fourth-order valence-electron chi connectivity index (χ4n) is 1.41. The minimum absolute atomic E-state index is 0.0694. The molecule has 0 aliphatic carbocycles. The predicted octanol–water partition coefficient (Wildman–Crippen LogP) is 1.59. The van der Waals surface area contributed by atoms with Crippen molar-refractivity contribution in [2.45, 2.75) is 18.6 Å². The number of nitrogens with one attached hydrogen (secondary N) is 1. The number of benzene rings is 1. The lowest BCUT2D eigenvalue weighted by molar-refractivity contribution is -0.174. The molecule has 1 atom stereocenters. The Bertz CT molecular complexity index is 487. The largest absolute Gasteiger partial charge is 0.508 e. The van der Waals surface area contributed by atoms with E-state index in [1.54, 1.807) is 5.32 Å². The monoisotopic (exact) mass is 277 g/mol. The van der Waals surface area contributed by atoms with E-state index >= 15 is 0 Å². The van der Waals surface area contributed by atoms with Gasteiger partial charge < -0.3 is 15.5 Å². The van der Waals surface area contributed by atoms with Crippen LogP contribution in [-0.2, 0) is 9.59 Å². The van der Waals surface area contributed by atoms with Gasteiger partial charge >= 0.3 is 18.1 Å². The third-order valence-corrected chi connectivity index (χ3v) is 2.21. The zero-order valence-corrected chi connectivity index (χ0v) is 9.44. The zero-order valence-electron chi connectivity index (χ0n) is 9.44. The maximum absolute atomic E-state index is 12.1. The molecule has 1 amide bonds. The standard InChI is InChI=1S/C11H10F3NO4/c12-11(13,14)10(19)15-8(5-9(17)18)6-2-1-3-7(16)4-6/h1-4,8,16H,5H2,(H,15,19)(H,17,18). The highest BCUT2D eigenvalue weighted by atomic mass is 19.4. The van der Waals surface area contributed by atoms with Gasteiger partial charge in [0.25, 0.3) is 0 Å². The first-order valence-electron chi connectivity index (χ1n) is 5.08. The summed E-state index contributed by atoms with van der Waals surface area (Å²) in [5.74, 6) is -3.85. The van der Waals surface area contributed by atoms with E-state index in [9.17, 15) is 27.9 Å². The molecule has 0 fully saturated rings. The van der Waals surface area contributed by atoms with Gasteiger partial charge in [0.2, 0.25) is 0 Å². The first kappa shape index (κ1) is 14.8. The first-order valence-corrected chi connectivity index (χ1v) is 5.08. The maximum atomic E-state index is 12.1. The number of carboxylic acids is 1. The highest BCUT2D eigenvalue weighted by Crippen LogP contribution is 2.23. The van der Waals surface area contributed by atoms with Crippen molar-refractivity contribution in [3.05, 3.63) is 29.8 Å². The molecule has 0 saturated carbocycles. The molecule has 0 radical (unpaired) electrons. The Morgan fingerprint density at radius 2 is 1.95 bits per heavy atom. The molecule has 1 aromatic carbocycles. The van der Waals surface area contributed by atoms with Crippen LogP contribution in [-0.4, -0.2) is 28.3 Å². The van der Waals surface area contributed by atoms with Gasteiger partial charge in [0.05, 0.1) is 12.5 Å². The molecule has 0 spiro atoms. The summed E-state index contributed by atoms with van der Waals surface area (Å²) in [6, 6.07) is 3.62. The van der Waals surface area contributed by atoms with Gasteiger partial charge in [-0.2, -0.15) is 13.2 Å².